The van der Waals surface area contributed by atoms with Gasteiger partial charge in [-0.25, -0.2) is 8.42 Å². The van der Waals surface area contributed by atoms with Gasteiger partial charge in [-0.05, 0) is 30.7 Å². The maximum absolute atomic E-state index is 12.3. The van der Waals surface area contributed by atoms with Gasteiger partial charge in [0.25, 0.3) is 15.7 Å². The highest BCUT2D eigenvalue weighted by molar-refractivity contribution is 7.92. The van der Waals surface area contributed by atoms with Gasteiger partial charge in [-0.3, -0.25) is 14.8 Å². The molecule has 0 saturated carbocycles. The van der Waals surface area contributed by atoms with Gasteiger partial charge in [0.05, 0.1) is 15.6 Å². The molecule has 2 rings (SSSR count). The van der Waals surface area contributed by atoms with E-state index in [0.29, 0.717) is 0 Å². The predicted molar refractivity (Wildman–Crippen MR) is 80.1 cm³/mol. The fourth-order valence-electron chi connectivity index (χ4n) is 1.74. The van der Waals surface area contributed by atoms with Crippen LogP contribution in [-0.2, 0) is 10.0 Å². The van der Waals surface area contributed by atoms with Crippen molar-refractivity contribution in [1.29, 1.82) is 0 Å². The molecule has 0 heterocycles. The molecule has 1 N–H and O–H groups in total. The molecular weight excluding hydrogens is 316 g/mol. The van der Waals surface area contributed by atoms with Crippen LogP contribution in [-0.4, -0.2) is 13.3 Å². The van der Waals surface area contributed by atoms with Crippen LogP contribution in [0.2, 0.25) is 5.02 Å². The highest BCUT2D eigenvalue weighted by Crippen LogP contribution is 2.28. The molecule has 0 radical (unpaired) electrons. The van der Waals surface area contributed by atoms with Crippen LogP contribution in [0.1, 0.15) is 5.56 Å². The van der Waals surface area contributed by atoms with Gasteiger partial charge < -0.3 is 0 Å². The average molecular weight is 327 g/mol. The zero-order chi connectivity index (χ0) is 15.6. The van der Waals surface area contributed by atoms with Crippen LogP contribution in [0.3, 0.4) is 0 Å². The minimum absolute atomic E-state index is 0.167. The molecule has 21 heavy (non-hydrogen) atoms. The van der Waals surface area contributed by atoms with Crippen molar-refractivity contribution >= 4 is 33.0 Å². The van der Waals surface area contributed by atoms with Gasteiger partial charge in [-0.15, -0.1) is 0 Å². The van der Waals surface area contributed by atoms with Crippen LogP contribution in [0.15, 0.2) is 47.4 Å². The molecule has 0 aromatic heterocycles. The predicted octanol–water partition coefficient (Wildman–Crippen LogP) is 3.36. The number of nitrogens with one attached hydrogen (secondary N) is 1. The minimum atomic E-state index is -4.10. The molecule has 0 aliphatic carbocycles. The fraction of sp³-hybridized carbons (Fsp3) is 0.0769. The first-order chi connectivity index (χ1) is 9.81. The number of nitro groups is 1. The standard InChI is InChI=1S/C13H11ClN2O4S/c1-9-6-7-11(10(14)8-9)15-21(19,20)13-5-3-2-4-12(13)16(17)18/h2-8,15H,1H3. The number of rotatable bonds is 4. The summed E-state index contributed by atoms with van der Waals surface area (Å²) in [6.45, 7) is 1.81. The highest BCUT2D eigenvalue weighted by Gasteiger charge is 2.25. The van der Waals surface area contributed by atoms with Crippen molar-refractivity contribution in [3.63, 3.8) is 0 Å². The second-order valence-corrected chi connectivity index (χ2v) is 6.37. The zero-order valence-corrected chi connectivity index (χ0v) is 12.5. The molecular formula is C13H11ClN2O4S. The number of aryl methyl sites for hydroxylation is 1. The van der Waals surface area contributed by atoms with Crippen molar-refractivity contribution in [1.82, 2.24) is 0 Å². The van der Waals surface area contributed by atoms with Crippen LogP contribution >= 0.6 is 11.6 Å². The summed E-state index contributed by atoms with van der Waals surface area (Å²) in [5, 5.41) is 11.1. The molecule has 110 valence electrons. The van der Waals surface area contributed by atoms with E-state index in [2.05, 4.69) is 4.72 Å². The Bertz CT molecular complexity index is 806. The van der Waals surface area contributed by atoms with E-state index in [1.54, 1.807) is 12.1 Å². The third-order valence-electron chi connectivity index (χ3n) is 2.72. The van der Waals surface area contributed by atoms with Crippen LogP contribution in [0.25, 0.3) is 0 Å². The molecule has 0 unspecified atom stereocenters. The topological polar surface area (TPSA) is 89.3 Å². The quantitative estimate of drug-likeness (QED) is 0.689. The maximum atomic E-state index is 12.3. The number of nitrogens with zero attached hydrogens (tertiary/aromatic N) is 1. The molecule has 0 saturated heterocycles. The number of sulfonamides is 1. The molecule has 0 spiro atoms. The molecule has 0 fully saturated rings. The lowest BCUT2D eigenvalue weighted by Gasteiger charge is -2.10. The zero-order valence-electron chi connectivity index (χ0n) is 10.9. The first-order valence-electron chi connectivity index (χ1n) is 5.83. The van der Waals surface area contributed by atoms with Gasteiger partial charge in [0.1, 0.15) is 0 Å². The summed E-state index contributed by atoms with van der Waals surface area (Å²) in [4.78, 5) is 9.76. The van der Waals surface area contributed by atoms with E-state index in [1.165, 1.54) is 24.3 Å². The van der Waals surface area contributed by atoms with Crippen molar-refractivity contribution in [3.8, 4) is 0 Å². The van der Waals surface area contributed by atoms with E-state index in [-0.39, 0.29) is 10.7 Å². The van der Waals surface area contributed by atoms with Crippen molar-refractivity contribution in [2.45, 2.75) is 11.8 Å². The Morgan fingerprint density at radius 3 is 2.48 bits per heavy atom. The SMILES string of the molecule is Cc1ccc(NS(=O)(=O)c2ccccc2[N+](=O)[O-])c(Cl)c1. The van der Waals surface area contributed by atoms with Gasteiger partial charge in [-0.2, -0.15) is 0 Å². The van der Waals surface area contributed by atoms with Crippen LogP contribution in [0.5, 0.6) is 0 Å². The molecule has 0 aliphatic heterocycles. The minimum Gasteiger partial charge on any atom is -0.278 e. The fourth-order valence-corrected chi connectivity index (χ4v) is 3.33. The van der Waals surface area contributed by atoms with E-state index < -0.39 is 25.5 Å². The lowest BCUT2D eigenvalue weighted by molar-refractivity contribution is -0.387. The number of nitro benzene ring substituents is 1. The lowest BCUT2D eigenvalue weighted by Crippen LogP contribution is -2.15. The van der Waals surface area contributed by atoms with Crippen LogP contribution in [0, 0.1) is 17.0 Å². The van der Waals surface area contributed by atoms with E-state index >= 15 is 0 Å². The summed E-state index contributed by atoms with van der Waals surface area (Å²) in [5.41, 5.74) is 0.544. The summed E-state index contributed by atoms with van der Waals surface area (Å²) in [7, 11) is -4.10. The van der Waals surface area contributed by atoms with E-state index in [9.17, 15) is 18.5 Å². The van der Waals surface area contributed by atoms with Gasteiger partial charge in [0.15, 0.2) is 4.90 Å². The Morgan fingerprint density at radius 1 is 1.19 bits per heavy atom. The van der Waals surface area contributed by atoms with Gasteiger partial charge in [-0.1, -0.05) is 29.8 Å². The molecule has 0 atom stereocenters. The number of para-hydroxylation sites is 1. The summed E-state index contributed by atoms with van der Waals surface area (Å²) in [6.07, 6.45) is 0. The normalized spacial score (nSPS) is 11.1. The van der Waals surface area contributed by atoms with Gasteiger partial charge in [0.2, 0.25) is 0 Å². The third-order valence-corrected chi connectivity index (χ3v) is 4.45. The molecule has 6 nitrogen and oxygen atoms in total. The second-order valence-electron chi connectivity index (χ2n) is 4.31. The van der Waals surface area contributed by atoms with Crippen molar-refractivity contribution in [3.05, 3.63) is 63.2 Å². The Labute approximate surface area is 126 Å². The van der Waals surface area contributed by atoms with Gasteiger partial charge in [0, 0.05) is 6.07 Å². The first-order valence-corrected chi connectivity index (χ1v) is 7.70. The summed E-state index contributed by atoms with van der Waals surface area (Å²) in [6, 6.07) is 9.90. The highest BCUT2D eigenvalue weighted by atomic mass is 35.5. The molecule has 0 amide bonds. The summed E-state index contributed by atoms with van der Waals surface area (Å²) >= 11 is 5.96. The van der Waals surface area contributed by atoms with E-state index in [1.807, 2.05) is 6.92 Å². The molecule has 2 aromatic rings. The average Bonchev–Trinajstić information content (AvgIpc) is 2.42. The van der Waals surface area contributed by atoms with Crippen molar-refractivity contribution in [2.75, 3.05) is 4.72 Å². The van der Waals surface area contributed by atoms with Crippen LogP contribution < -0.4 is 4.72 Å². The Kier molecular flexibility index (Phi) is 4.15. The number of anilines is 1. The number of benzene rings is 2. The van der Waals surface area contributed by atoms with Crippen molar-refractivity contribution in [2.24, 2.45) is 0 Å². The third kappa shape index (κ3) is 3.32. The van der Waals surface area contributed by atoms with Gasteiger partial charge >= 0.3 is 0 Å². The Morgan fingerprint density at radius 2 is 1.86 bits per heavy atom. The first kappa shape index (κ1) is 15.3. The number of halogens is 1. The smallest absolute Gasteiger partial charge is 0.278 e. The summed E-state index contributed by atoms with van der Waals surface area (Å²) < 4.78 is 26.8. The second kappa shape index (κ2) is 5.71. The van der Waals surface area contributed by atoms with Crippen molar-refractivity contribution < 1.29 is 13.3 Å². The molecule has 8 heteroatoms. The van der Waals surface area contributed by atoms with Crippen LogP contribution in [0.4, 0.5) is 11.4 Å². The number of hydrogen-bond donors (Lipinski definition) is 1. The Hall–Kier alpha value is -2.12. The van der Waals surface area contributed by atoms with E-state index in [0.717, 1.165) is 11.6 Å². The maximum Gasteiger partial charge on any atom is 0.289 e. The Balaban J connectivity index is 2.46. The number of hydrogen-bond acceptors (Lipinski definition) is 4. The molecule has 0 bridgehead atoms. The molecule has 2 aromatic carbocycles. The summed E-state index contributed by atoms with van der Waals surface area (Å²) in [5.74, 6) is 0. The largest absolute Gasteiger partial charge is 0.289 e. The van der Waals surface area contributed by atoms with E-state index in [4.69, 9.17) is 11.6 Å². The monoisotopic (exact) mass is 326 g/mol. The molecule has 0 aliphatic rings. The lowest BCUT2D eigenvalue weighted by atomic mass is 10.2.